The number of nitrogens with zero attached hydrogens (tertiary/aromatic N) is 2. The van der Waals surface area contributed by atoms with Crippen molar-refractivity contribution < 1.29 is 27.8 Å². The molecule has 2 aliphatic heterocycles. The van der Waals surface area contributed by atoms with Crippen molar-refractivity contribution in [3.63, 3.8) is 0 Å². The number of rotatable bonds is 2. The molecule has 1 saturated heterocycles. The van der Waals surface area contributed by atoms with Crippen LogP contribution in [0.2, 0.25) is 0 Å². The van der Waals surface area contributed by atoms with Crippen LogP contribution in [0.15, 0.2) is 6.20 Å². The molecule has 1 saturated carbocycles. The Bertz CT molecular complexity index is 691. The number of Topliss-reactive ketones (excluding diaryl/α,β-unsaturated/α-hetero) is 1. The smallest absolute Gasteiger partial charge is 0.394 e. The summed E-state index contributed by atoms with van der Waals surface area (Å²) in [7, 11) is 0. The van der Waals surface area contributed by atoms with Gasteiger partial charge in [-0.15, -0.1) is 8.78 Å². The molecule has 0 radical (unpaired) electrons. The van der Waals surface area contributed by atoms with Crippen molar-refractivity contribution in [2.24, 2.45) is 11.8 Å². The van der Waals surface area contributed by atoms with Gasteiger partial charge in [0.05, 0.1) is 5.56 Å². The fourth-order valence-electron chi connectivity index (χ4n) is 2.83. The fourth-order valence-corrected chi connectivity index (χ4v) is 2.83. The number of fused-ring (bicyclic) bond motifs is 2. The van der Waals surface area contributed by atoms with Crippen LogP contribution in [0, 0.1) is 11.8 Å². The normalized spacial score (nSPS) is 27.8. The van der Waals surface area contributed by atoms with Crippen molar-refractivity contribution in [1.82, 2.24) is 4.98 Å². The van der Waals surface area contributed by atoms with Crippen molar-refractivity contribution in [2.75, 3.05) is 11.4 Å². The highest BCUT2D eigenvalue weighted by Crippen LogP contribution is 2.53. The zero-order valence-electron chi connectivity index (χ0n) is 10.9. The maximum absolute atomic E-state index is 13.3. The number of carbonyl (C=O) groups is 2. The van der Waals surface area contributed by atoms with E-state index in [0.29, 0.717) is 6.54 Å². The van der Waals surface area contributed by atoms with Gasteiger partial charge in [-0.1, -0.05) is 0 Å². The molecule has 6 nitrogen and oxygen atoms in total. The number of anilines is 1. The van der Waals surface area contributed by atoms with Crippen LogP contribution in [0.4, 0.5) is 14.6 Å². The summed E-state index contributed by atoms with van der Waals surface area (Å²) in [5, 5.41) is 0. The van der Waals surface area contributed by atoms with E-state index in [0.717, 1.165) is 12.6 Å². The Balaban J connectivity index is 1.82. The fraction of sp³-hybridized carbons (Fsp3) is 0.462. The van der Waals surface area contributed by atoms with Crippen molar-refractivity contribution in [2.45, 2.75) is 19.6 Å². The zero-order valence-corrected chi connectivity index (χ0v) is 10.9. The number of ether oxygens (including phenoxy) is 2. The van der Waals surface area contributed by atoms with Crippen LogP contribution in [0.5, 0.6) is 11.5 Å². The Morgan fingerprint density at radius 2 is 2.14 bits per heavy atom. The highest BCUT2D eigenvalue weighted by atomic mass is 19.3. The predicted molar refractivity (Wildman–Crippen MR) is 64.4 cm³/mol. The number of halogens is 2. The molecule has 0 bridgehead atoms. The Morgan fingerprint density at radius 1 is 1.43 bits per heavy atom. The minimum atomic E-state index is -3.87. The van der Waals surface area contributed by atoms with E-state index >= 15 is 0 Å². The van der Waals surface area contributed by atoms with Crippen LogP contribution in [0.25, 0.3) is 0 Å². The molecule has 4 rings (SSSR count). The lowest BCUT2D eigenvalue weighted by atomic mass is 10.1. The lowest BCUT2D eigenvalue weighted by Gasteiger charge is -2.18. The maximum Gasteiger partial charge on any atom is 0.586 e. The van der Waals surface area contributed by atoms with Gasteiger partial charge in [0.25, 0.3) is 0 Å². The molecule has 2 atom stereocenters. The number of pyridine rings is 1. The Hall–Kier alpha value is -2.25. The van der Waals surface area contributed by atoms with E-state index in [1.165, 1.54) is 11.8 Å². The summed E-state index contributed by atoms with van der Waals surface area (Å²) in [6.07, 6.45) is -1.90. The van der Waals surface area contributed by atoms with Gasteiger partial charge < -0.3 is 9.47 Å². The van der Waals surface area contributed by atoms with Crippen LogP contribution in [0.3, 0.4) is 0 Å². The summed E-state index contributed by atoms with van der Waals surface area (Å²) in [4.78, 5) is 28.8. The second-order valence-electron chi connectivity index (χ2n) is 5.43. The minimum absolute atomic E-state index is 0.00984. The summed E-state index contributed by atoms with van der Waals surface area (Å²) in [6, 6.07) is 0. The van der Waals surface area contributed by atoms with Gasteiger partial charge in [0.15, 0.2) is 17.4 Å². The molecule has 3 heterocycles. The summed E-state index contributed by atoms with van der Waals surface area (Å²) < 4.78 is 35.6. The number of hydrogen-bond donors (Lipinski definition) is 0. The summed E-state index contributed by atoms with van der Waals surface area (Å²) in [6.45, 7) is 1.64. The third kappa shape index (κ3) is 1.71. The van der Waals surface area contributed by atoms with Crippen LogP contribution < -0.4 is 14.4 Å². The molecule has 0 N–H and O–H groups in total. The average molecular weight is 296 g/mol. The van der Waals surface area contributed by atoms with E-state index in [2.05, 4.69) is 14.5 Å². The van der Waals surface area contributed by atoms with Crippen LogP contribution in [-0.4, -0.2) is 29.5 Å². The van der Waals surface area contributed by atoms with Crippen LogP contribution in [0.1, 0.15) is 23.7 Å². The van der Waals surface area contributed by atoms with Gasteiger partial charge >= 0.3 is 6.29 Å². The summed E-state index contributed by atoms with van der Waals surface area (Å²) >= 11 is 0. The number of ketones is 1. The number of amides is 1. The van der Waals surface area contributed by atoms with Crippen molar-refractivity contribution >= 4 is 17.5 Å². The number of aromatic nitrogens is 1. The Labute approximate surface area is 117 Å². The lowest BCUT2D eigenvalue weighted by Crippen LogP contribution is -2.30. The molecule has 1 aromatic rings. The summed E-state index contributed by atoms with van der Waals surface area (Å²) in [5.41, 5.74) is -0.0947. The Kier molecular flexibility index (Phi) is 2.19. The number of piperidine rings is 1. The molecule has 2 fully saturated rings. The molecule has 110 valence electrons. The van der Waals surface area contributed by atoms with E-state index < -0.39 is 12.1 Å². The second kappa shape index (κ2) is 3.69. The van der Waals surface area contributed by atoms with E-state index in [1.807, 2.05) is 0 Å². The molecule has 2 unspecified atom stereocenters. The van der Waals surface area contributed by atoms with E-state index in [1.54, 1.807) is 0 Å². The topological polar surface area (TPSA) is 68.7 Å². The Morgan fingerprint density at radius 3 is 2.76 bits per heavy atom. The highest BCUT2D eigenvalue weighted by molar-refractivity contribution is 6.03. The molecule has 0 spiro atoms. The van der Waals surface area contributed by atoms with Gasteiger partial charge in [0.2, 0.25) is 11.7 Å². The SMILES string of the molecule is CC(=O)c1cnc(N2CC3CC3C2=O)c2c1OC(F)(F)O2. The van der Waals surface area contributed by atoms with Crippen molar-refractivity contribution in [3.8, 4) is 11.5 Å². The van der Waals surface area contributed by atoms with Gasteiger partial charge in [-0.3, -0.25) is 14.5 Å². The molecule has 1 amide bonds. The van der Waals surface area contributed by atoms with Crippen LogP contribution in [-0.2, 0) is 4.79 Å². The third-order valence-corrected chi connectivity index (χ3v) is 3.97. The third-order valence-electron chi connectivity index (χ3n) is 3.97. The summed E-state index contributed by atoms with van der Waals surface area (Å²) in [5.74, 6) is -1.12. The molecular weight excluding hydrogens is 286 g/mol. The first-order valence-corrected chi connectivity index (χ1v) is 6.48. The predicted octanol–water partition coefficient (Wildman–Crippen LogP) is 1.59. The van der Waals surface area contributed by atoms with Gasteiger partial charge in [-0.2, -0.15) is 0 Å². The highest BCUT2D eigenvalue weighted by Gasteiger charge is 2.55. The first-order chi connectivity index (χ1) is 9.87. The number of carbonyl (C=O) groups excluding carboxylic acids is 2. The molecule has 21 heavy (non-hydrogen) atoms. The van der Waals surface area contributed by atoms with Crippen molar-refractivity contribution in [3.05, 3.63) is 11.8 Å². The minimum Gasteiger partial charge on any atom is -0.394 e. The first kappa shape index (κ1) is 12.5. The van der Waals surface area contributed by atoms with Gasteiger partial charge in [-0.05, 0) is 19.3 Å². The van der Waals surface area contributed by atoms with Gasteiger partial charge in [0, 0.05) is 18.7 Å². The number of alkyl halides is 2. The molecule has 1 aliphatic carbocycles. The quantitative estimate of drug-likeness (QED) is 0.775. The van der Waals surface area contributed by atoms with E-state index in [-0.39, 0.29) is 40.6 Å². The average Bonchev–Trinajstić information content (AvgIpc) is 2.99. The molecule has 8 heteroatoms. The molecule has 0 aromatic carbocycles. The molecule has 3 aliphatic rings. The van der Waals surface area contributed by atoms with E-state index in [4.69, 9.17) is 0 Å². The van der Waals surface area contributed by atoms with E-state index in [9.17, 15) is 18.4 Å². The largest absolute Gasteiger partial charge is 0.586 e. The van der Waals surface area contributed by atoms with Crippen molar-refractivity contribution in [1.29, 1.82) is 0 Å². The lowest BCUT2D eigenvalue weighted by molar-refractivity contribution is -0.286. The zero-order chi connectivity index (χ0) is 14.9. The molecular formula is C13H10F2N2O4. The first-order valence-electron chi connectivity index (χ1n) is 6.48. The second-order valence-corrected chi connectivity index (χ2v) is 5.43. The number of hydrogen-bond acceptors (Lipinski definition) is 5. The molecule has 1 aromatic heterocycles. The standard InChI is InChI=1S/C13H10F2N2O4/c1-5(18)8-3-16-11(10-9(8)20-13(14,15)21-10)17-4-6-2-7(6)12(17)19/h3,6-7H,2,4H2,1H3. The van der Waals surface area contributed by atoms with Crippen LogP contribution >= 0.6 is 0 Å². The van der Waals surface area contributed by atoms with Gasteiger partial charge in [-0.25, -0.2) is 4.98 Å². The monoisotopic (exact) mass is 296 g/mol. The van der Waals surface area contributed by atoms with Gasteiger partial charge in [0.1, 0.15) is 0 Å². The maximum atomic E-state index is 13.3.